The summed E-state index contributed by atoms with van der Waals surface area (Å²) in [7, 11) is 0. The van der Waals surface area contributed by atoms with Crippen molar-refractivity contribution >= 4 is 11.8 Å². The SMILES string of the molecule is CCOCCCN1C(=O)CNC(=O)C1Cc1ccccc1. The lowest BCUT2D eigenvalue weighted by molar-refractivity contribution is -0.145. The number of hydrogen-bond donors (Lipinski definition) is 1. The van der Waals surface area contributed by atoms with Gasteiger partial charge in [-0.05, 0) is 18.9 Å². The predicted octanol–water partition coefficient (Wildman–Crippen LogP) is 0.983. The summed E-state index contributed by atoms with van der Waals surface area (Å²) < 4.78 is 5.30. The highest BCUT2D eigenvalue weighted by atomic mass is 16.5. The first-order valence-electron chi connectivity index (χ1n) is 7.41. The number of rotatable bonds is 7. The number of carbonyl (C=O) groups excluding carboxylic acids is 2. The maximum atomic E-state index is 12.1. The molecule has 5 heteroatoms. The lowest BCUT2D eigenvalue weighted by atomic mass is 10.0. The smallest absolute Gasteiger partial charge is 0.243 e. The van der Waals surface area contributed by atoms with Crippen molar-refractivity contribution in [3.63, 3.8) is 0 Å². The number of hydrogen-bond acceptors (Lipinski definition) is 3. The van der Waals surface area contributed by atoms with Gasteiger partial charge in [0.05, 0.1) is 6.54 Å². The lowest BCUT2D eigenvalue weighted by Crippen LogP contribution is -2.59. The van der Waals surface area contributed by atoms with Gasteiger partial charge >= 0.3 is 0 Å². The summed E-state index contributed by atoms with van der Waals surface area (Å²) in [6, 6.07) is 9.36. The highest BCUT2D eigenvalue weighted by molar-refractivity contribution is 5.95. The molecular formula is C16H22N2O3. The number of ether oxygens (including phenoxy) is 1. The average molecular weight is 290 g/mol. The Bertz CT molecular complexity index is 476. The molecule has 1 aromatic carbocycles. The van der Waals surface area contributed by atoms with Crippen molar-refractivity contribution in [3.8, 4) is 0 Å². The van der Waals surface area contributed by atoms with E-state index in [-0.39, 0.29) is 18.4 Å². The molecule has 21 heavy (non-hydrogen) atoms. The number of benzene rings is 1. The molecule has 1 N–H and O–H groups in total. The monoisotopic (exact) mass is 290 g/mol. The van der Waals surface area contributed by atoms with Crippen LogP contribution < -0.4 is 5.32 Å². The van der Waals surface area contributed by atoms with Crippen LogP contribution in [0.25, 0.3) is 0 Å². The molecule has 2 rings (SSSR count). The summed E-state index contributed by atoms with van der Waals surface area (Å²) in [5, 5.41) is 2.67. The zero-order valence-corrected chi connectivity index (χ0v) is 12.4. The third-order valence-electron chi connectivity index (χ3n) is 3.58. The van der Waals surface area contributed by atoms with Crippen LogP contribution >= 0.6 is 0 Å². The van der Waals surface area contributed by atoms with E-state index in [0.717, 1.165) is 12.0 Å². The molecule has 1 unspecified atom stereocenters. The Morgan fingerprint density at radius 1 is 1.29 bits per heavy atom. The first kappa shape index (κ1) is 15.5. The van der Waals surface area contributed by atoms with E-state index in [1.165, 1.54) is 0 Å². The first-order chi connectivity index (χ1) is 10.2. The van der Waals surface area contributed by atoms with Crippen LogP contribution in [0, 0.1) is 0 Å². The van der Waals surface area contributed by atoms with Gasteiger partial charge in [-0.2, -0.15) is 0 Å². The fraction of sp³-hybridized carbons (Fsp3) is 0.500. The molecule has 0 bridgehead atoms. The largest absolute Gasteiger partial charge is 0.382 e. The molecule has 114 valence electrons. The minimum absolute atomic E-state index is 0.0213. The molecule has 0 aliphatic carbocycles. The van der Waals surface area contributed by atoms with E-state index in [0.29, 0.717) is 26.2 Å². The van der Waals surface area contributed by atoms with Gasteiger partial charge in [-0.25, -0.2) is 0 Å². The van der Waals surface area contributed by atoms with Crippen LogP contribution in [-0.4, -0.2) is 49.1 Å². The van der Waals surface area contributed by atoms with Crippen LogP contribution in [0.4, 0.5) is 0 Å². The topological polar surface area (TPSA) is 58.6 Å². The average Bonchev–Trinajstić information content (AvgIpc) is 2.51. The molecule has 1 saturated heterocycles. The van der Waals surface area contributed by atoms with Crippen LogP contribution in [-0.2, 0) is 20.7 Å². The molecule has 1 fully saturated rings. The molecular weight excluding hydrogens is 268 g/mol. The van der Waals surface area contributed by atoms with E-state index in [1.54, 1.807) is 4.90 Å². The molecule has 2 amide bonds. The number of carbonyl (C=O) groups is 2. The Morgan fingerprint density at radius 2 is 2.05 bits per heavy atom. The maximum Gasteiger partial charge on any atom is 0.243 e. The van der Waals surface area contributed by atoms with E-state index in [4.69, 9.17) is 4.74 Å². The van der Waals surface area contributed by atoms with Gasteiger partial charge in [0.2, 0.25) is 11.8 Å². The van der Waals surface area contributed by atoms with Crippen LogP contribution in [0.2, 0.25) is 0 Å². The number of nitrogens with zero attached hydrogens (tertiary/aromatic N) is 1. The Morgan fingerprint density at radius 3 is 2.76 bits per heavy atom. The zero-order chi connectivity index (χ0) is 15.1. The van der Waals surface area contributed by atoms with Crippen LogP contribution in [0.5, 0.6) is 0 Å². The van der Waals surface area contributed by atoms with Crippen molar-refractivity contribution in [2.24, 2.45) is 0 Å². The summed E-state index contributed by atoms with van der Waals surface area (Å²) >= 11 is 0. The summed E-state index contributed by atoms with van der Waals surface area (Å²) in [5.41, 5.74) is 1.06. The van der Waals surface area contributed by atoms with Crippen molar-refractivity contribution in [2.75, 3.05) is 26.3 Å². The van der Waals surface area contributed by atoms with E-state index in [1.807, 2.05) is 37.3 Å². The van der Waals surface area contributed by atoms with Crippen LogP contribution in [0.3, 0.4) is 0 Å². The summed E-state index contributed by atoms with van der Waals surface area (Å²) in [6.07, 6.45) is 1.30. The second-order valence-corrected chi connectivity index (χ2v) is 5.06. The fourth-order valence-corrected chi connectivity index (χ4v) is 2.50. The van der Waals surface area contributed by atoms with Gasteiger partial charge in [0, 0.05) is 26.2 Å². The van der Waals surface area contributed by atoms with Crippen LogP contribution in [0.15, 0.2) is 30.3 Å². The summed E-state index contributed by atoms with van der Waals surface area (Å²) in [4.78, 5) is 25.9. The van der Waals surface area contributed by atoms with Crippen molar-refractivity contribution in [2.45, 2.75) is 25.8 Å². The van der Waals surface area contributed by atoms with E-state index < -0.39 is 6.04 Å². The van der Waals surface area contributed by atoms with Crippen molar-refractivity contribution in [1.29, 1.82) is 0 Å². The second-order valence-electron chi connectivity index (χ2n) is 5.06. The molecule has 1 aromatic rings. The van der Waals surface area contributed by atoms with Gasteiger partial charge in [-0.1, -0.05) is 30.3 Å². The summed E-state index contributed by atoms with van der Waals surface area (Å²) in [5.74, 6) is -0.0955. The molecule has 1 atom stereocenters. The van der Waals surface area contributed by atoms with Crippen molar-refractivity contribution in [3.05, 3.63) is 35.9 Å². The minimum atomic E-state index is -0.421. The van der Waals surface area contributed by atoms with E-state index >= 15 is 0 Å². The molecule has 5 nitrogen and oxygen atoms in total. The second kappa shape index (κ2) is 7.78. The third kappa shape index (κ3) is 4.29. The first-order valence-corrected chi connectivity index (χ1v) is 7.41. The van der Waals surface area contributed by atoms with Gasteiger partial charge in [0.15, 0.2) is 0 Å². The predicted molar refractivity (Wildman–Crippen MR) is 79.8 cm³/mol. The van der Waals surface area contributed by atoms with Crippen molar-refractivity contribution in [1.82, 2.24) is 10.2 Å². The van der Waals surface area contributed by atoms with Crippen molar-refractivity contribution < 1.29 is 14.3 Å². The summed E-state index contributed by atoms with van der Waals surface area (Å²) in [6.45, 7) is 3.88. The van der Waals surface area contributed by atoms with Gasteiger partial charge < -0.3 is 15.0 Å². The molecule has 0 spiro atoms. The number of piperazine rings is 1. The minimum Gasteiger partial charge on any atom is -0.382 e. The quantitative estimate of drug-likeness (QED) is 0.762. The highest BCUT2D eigenvalue weighted by Crippen LogP contribution is 2.13. The molecule has 0 aromatic heterocycles. The van der Waals surface area contributed by atoms with Gasteiger partial charge in [0.1, 0.15) is 6.04 Å². The zero-order valence-electron chi connectivity index (χ0n) is 12.4. The Labute approximate surface area is 125 Å². The van der Waals surface area contributed by atoms with Gasteiger partial charge in [0.25, 0.3) is 0 Å². The molecule has 0 saturated carbocycles. The Hall–Kier alpha value is -1.88. The lowest BCUT2D eigenvalue weighted by Gasteiger charge is -2.35. The normalized spacial score (nSPS) is 18.7. The Balaban J connectivity index is 2.01. The van der Waals surface area contributed by atoms with Gasteiger partial charge in [-0.15, -0.1) is 0 Å². The van der Waals surface area contributed by atoms with E-state index in [2.05, 4.69) is 5.32 Å². The Kier molecular flexibility index (Phi) is 5.75. The fourth-order valence-electron chi connectivity index (χ4n) is 2.50. The number of nitrogens with one attached hydrogen (secondary N) is 1. The number of amides is 2. The van der Waals surface area contributed by atoms with Gasteiger partial charge in [-0.3, -0.25) is 9.59 Å². The molecule has 1 heterocycles. The molecule has 0 radical (unpaired) electrons. The van der Waals surface area contributed by atoms with Crippen LogP contribution in [0.1, 0.15) is 18.9 Å². The molecule has 1 aliphatic rings. The highest BCUT2D eigenvalue weighted by Gasteiger charge is 2.33. The maximum absolute atomic E-state index is 12.1. The van der Waals surface area contributed by atoms with E-state index in [9.17, 15) is 9.59 Å². The standard InChI is InChI=1S/C16H22N2O3/c1-2-21-10-6-9-18-14(16(20)17-12-15(18)19)11-13-7-4-3-5-8-13/h3-5,7-8,14H,2,6,9-12H2,1H3,(H,17,20). The molecule has 1 aliphatic heterocycles. The third-order valence-corrected chi connectivity index (χ3v) is 3.58.